The van der Waals surface area contributed by atoms with E-state index in [0.29, 0.717) is 35.8 Å². The van der Waals surface area contributed by atoms with Crippen molar-refractivity contribution in [1.82, 2.24) is 19.6 Å². The van der Waals surface area contributed by atoms with Gasteiger partial charge in [0.25, 0.3) is 5.91 Å². The number of carbonyl (C=O) groups excluding carboxylic acids is 2. The van der Waals surface area contributed by atoms with Crippen molar-refractivity contribution >= 4 is 11.8 Å². The molecule has 0 aliphatic carbocycles. The maximum atomic E-state index is 13.3. The smallest absolute Gasteiger partial charge is 0.257 e. The molecule has 0 N–H and O–H groups in total. The molecule has 146 valence electrons. The van der Waals surface area contributed by atoms with Gasteiger partial charge in [0.2, 0.25) is 5.91 Å². The number of carbonyl (C=O) groups is 2. The highest BCUT2D eigenvalue weighted by molar-refractivity contribution is 5.95. The zero-order valence-corrected chi connectivity index (χ0v) is 16.3. The van der Waals surface area contributed by atoms with Gasteiger partial charge in [0.15, 0.2) is 0 Å². The van der Waals surface area contributed by atoms with E-state index in [4.69, 9.17) is 0 Å². The topological polar surface area (TPSA) is 58.4 Å². The predicted molar refractivity (Wildman–Crippen MR) is 105 cm³/mol. The Labute approximate surface area is 165 Å². The Morgan fingerprint density at radius 1 is 1.14 bits per heavy atom. The van der Waals surface area contributed by atoms with Gasteiger partial charge < -0.3 is 9.80 Å². The Hall–Kier alpha value is -2.63. The average Bonchev–Trinajstić information content (AvgIpc) is 3.10. The van der Waals surface area contributed by atoms with E-state index in [0.717, 1.165) is 50.3 Å². The number of hydrogen-bond donors (Lipinski definition) is 0. The lowest BCUT2D eigenvalue weighted by atomic mass is 9.76. The molecule has 1 aromatic heterocycles. The minimum absolute atomic E-state index is 0.0740. The van der Waals surface area contributed by atoms with Gasteiger partial charge in [0.1, 0.15) is 0 Å². The summed E-state index contributed by atoms with van der Waals surface area (Å²) in [6.45, 7) is 4.26. The molecule has 3 aliphatic rings. The van der Waals surface area contributed by atoms with Crippen LogP contribution in [-0.4, -0.2) is 57.1 Å². The first-order valence-corrected chi connectivity index (χ1v) is 10.3. The molecule has 6 nitrogen and oxygen atoms in total. The van der Waals surface area contributed by atoms with Crippen LogP contribution in [0.25, 0.3) is 5.69 Å². The highest BCUT2D eigenvalue weighted by Crippen LogP contribution is 2.38. The van der Waals surface area contributed by atoms with Crippen LogP contribution in [0.1, 0.15) is 41.7 Å². The number of rotatable bonds is 2. The Morgan fingerprint density at radius 3 is 2.79 bits per heavy atom. The molecule has 3 aliphatic heterocycles. The molecule has 2 aromatic rings. The monoisotopic (exact) mass is 378 g/mol. The molecule has 2 bridgehead atoms. The van der Waals surface area contributed by atoms with E-state index in [9.17, 15) is 9.59 Å². The van der Waals surface area contributed by atoms with Crippen molar-refractivity contribution in [2.45, 2.75) is 38.6 Å². The van der Waals surface area contributed by atoms with Crippen molar-refractivity contribution in [3.05, 3.63) is 47.8 Å². The molecular weight excluding hydrogens is 352 g/mol. The zero-order chi connectivity index (χ0) is 19.3. The normalized spacial score (nSPS) is 26.9. The lowest BCUT2D eigenvalue weighted by Gasteiger charge is -2.52. The second-order valence-corrected chi connectivity index (χ2v) is 8.47. The van der Waals surface area contributed by atoms with Crippen LogP contribution >= 0.6 is 0 Å². The fraction of sp³-hybridized carbons (Fsp3) is 0.500. The SMILES string of the molecule is Cc1c(C(=O)N2C[C@H]3C[C@@H](C2)[C@@H]2CCCC(=O)N2C3)cnn1-c1ccccc1. The molecule has 0 radical (unpaired) electrons. The summed E-state index contributed by atoms with van der Waals surface area (Å²) in [7, 11) is 0. The van der Waals surface area contributed by atoms with Gasteiger partial charge >= 0.3 is 0 Å². The number of aromatic nitrogens is 2. The lowest BCUT2D eigenvalue weighted by Crippen LogP contribution is -2.61. The summed E-state index contributed by atoms with van der Waals surface area (Å²) in [5.74, 6) is 1.19. The maximum Gasteiger partial charge on any atom is 0.257 e. The van der Waals surface area contributed by atoms with Crippen molar-refractivity contribution in [2.75, 3.05) is 19.6 Å². The van der Waals surface area contributed by atoms with Gasteiger partial charge in [-0.15, -0.1) is 0 Å². The number of benzene rings is 1. The number of fused-ring (bicyclic) bond motifs is 4. The average molecular weight is 378 g/mol. The molecule has 6 heteroatoms. The Balaban J connectivity index is 1.37. The van der Waals surface area contributed by atoms with Crippen molar-refractivity contribution in [2.24, 2.45) is 11.8 Å². The van der Waals surface area contributed by atoms with Crippen molar-refractivity contribution in [3.8, 4) is 5.69 Å². The Kier molecular flexibility index (Phi) is 4.22. The number of nitrogens with zero attached hydrogens (tertiary/aromatic N) is 4. The number of amides is 2. The molecule has 1 aromatic carbocycles. The molecule has 3 atom stereocenters. The summed E-state index contributed by atoms with van der Waals surface area (Å²) < 4.78 is 1.83. The Morgan fingerprint density at radius 2 is 1.96 bits per heavy atom. The highest BCUT2D eigenvalue weighted by atomic mass is 16.2. The van der Waals surface area contributed by atoms with Crippen LogP contribution in [0.4, 0.5) is 0 Å². The number of likely N-dealkylation sites (tertiary alicyclic amines) is 1. The highest BCUT2D eigenvalue weighted by Gasteiger charge is 2.45. The molecule has 5 rings (SSSR count). The van der Waals surface area contributed by atoms with Gasteiger partial charge in [-0.1, -0.05) is 18.2 Å². The van der Waals surface area contributed by atoms with Gasteiger partial charge in [0.05, 0.1) is 23.1 Å². The van der Waals surface area contributed by atoms with Gasteiger partial charge in [-0.05, 0) is 50.2 Å². The third kappa shape index (κ3) is 2.82. The summed E-state index contributed by atoms with van der Waals surface area (Å²) in [5.41, 5.74) is 2.52. The van der Waals surface area contributed by atoms with E-state index in [1.54, 1.807) is 6.20 Å². The molecule has 3 saturated heterocycles. The predicted octanol–water partition coefficient (Wildman–Crippen LogP) is 2.65. The van der Waals surface area contributed by atoms with Gasteiger partial charge in [0, 0.05) is 32.1 Å². The van der Waals surface area contributed by atoms with Crippen molar-refractivity contribution in [3.63, 3.8) is 0 Å². The molecule has 0 spiro atoms. The fourth-order valence-electron chi connectivity index (χ4n) is 5.40. The summed E-state index contributed by atoms with van der Waals surface area (Å²) >= 11 is 0. The minimum Gasteiger partial charge on any atom is -0.339 e. The molecule has 0 unspecified atom stereocenters. The van der Waals surface area contributed by atoms with Crippen molar-refractivity contribution in [1.29, 1.82) is 0 Å². The first-order valence-electron chi connectivity index (χ1n) is 10.3. The van der Waals surface area contributed by atoms with E-state index in [-0.39, 0.29) is 5.91 Å². The van der Waals surface area contributed by atoms with Crippen LogP contribution < -0.4 is 0 Å². The van der Waals surface area contributed by atoms with Gasteiger partial charge in [-0.2, -0.15) is 5.10 Å². The standard InChI is InChI=1S/C22H26N4O2/c1-15-19(11-23-26(15)18-6-3-2-4-7-18)22(28)24-12-16-10-17(14-24)20-8-5-9-21(27)25(20)13-16/h2-4,6-7,11,16-17,20H,5,8-10,12-14H2,1H3/t16-,17+,20+/m1/s1. The molecule has 28 heavy (non-hydrogen) atoms. The van der Waals surface area contributed by atoms with E-state index in [2.05, 4.69) is 10.00 Å². The second kappa shape index (κ2) is 6.76. The van der Waals surface area contributed by atoms with Crippen LogP contribution in [0.15, 0.2) is 36.5 Å². The molecular formula is C22H26N4O2. The summed E-state index contributed by atoms with van der Waals surface area (Å²) in [6, 6.07) is 10.2. The number of para-hydroxylation sites is 1. The van der Waals surface area contributed by atoms with Gasteiger partial charge in [-0.25, -0.2) is 4.68 Å². The second-order valence-electron chi connectivity index (χ2n) is 8.47. The third-order valence-corrected chi connectivity index (χ3v) is 6.71. The Bertz CT molecular complexity index is 907. The minimum atomic E-state index is 0.0740. The summed E-state index contributed by atoms with van der Waals surface area (Å²) in [5, 5.41) is 4.47. The van der Waals surface area contributed by atoms with E-state index >= 15 is 0 Å². The van der Waals surface area contributed by atoms with E-state index < -0.39 is 0 Å². The first-order chi connectivity index (χ1) is 13.6. The summed E-state index contributed by atoms with van der Waals surface area (Å²) in [4.78, 5) is 29.7. The van der Waals surface area contributed by atoms with Crippen LogP contribution in [0.3, 0.4) is 0 Å². The largest absolute Gasteiger partial charge is 0.339 e. The first kappa shape index (κ1) is 17.5. The van der Waals surface area contributed by atoms with Crippen LogP contribution in [-0.2, 0) is 4.79 Å². The quantitative estimate of drug-likeness (QED) is 0.807. The summed E-state index contributed by atoms with van der Waals surface area (Å²) in [6.07, 6.45) is 5.59. The zero-order valence-electron chi connectivity index (χ0n) is 16.3. The fourth-order valence-corrected chi connectivity index (χ4v) is 5.40. The van der Waals surface area contributed by atoms with E-state index in [1.165, 1.54) is 0 Å². The molecule has 4 heterocycles. The van der Waals surface area contributed by atoms with Crippen LogP contribution in [0.2, 0.25) is 0 Å². The number of piperidine rings is 3. The third-order valence-electron chi connectivity index (χ3n) is 6.71. The van der Waals surface area contributed by atoms with Crippen molar-refractivity contribution < 1.29 is 9.59 Å². The van der Waals surface area contributed by atoms with E-state index in [1.807, 2.05) is 46.8 Å². The lowest BCUT2D eigenvalue weighted by molar-refractivity contribution is -0.144. The molecule has 2 amide bonds. The maximum absolute atomic E-state index is 13.3. The number of hydrogen-bond acceptors (Lipinski definition) is 3. The van der Waals surface area contributed by atoms with Crippen LogP contribution in [0.5, 0.6) is 0 Å². The van der Waals surface area contributed by atoms with Crippen LogP contribution in [0, 0.1) is 18.8 Å². The van der Waals surface area contributed by atoms with Gasteiger partial charge in [-0.3, -0.25) is 9.59 Å². The molecule has 3 fully saturated rings. The molecule has 0 saturated carbocycles.